The van der Waals surface area contributed by atoms with Crippen LogP contribution in [0.15, 0.2) is 55.0 Å². The van der Waals surface area contributed by atoms with Crippen LogP contribution in [0.5, 0.6) is 0 Å². The molecule has 1 aliphatic rings. The van der Waals surface area contributed by atoms with E-state index < -0.39 is 8.32 Å². The number of rotatable bonds is 8. The zero-order valence-corrected chi connectivity index (χ0v) is 17.2. The summed E-state index contributed by atoms with van der Waals surface area (Å²) in [5, 5.41) is 0.138. The van der Waals surface area contributed by atoms with Crippen molar-refractivity contribution >= 4 is 8.32 Å². The van der Waals surface area contributed by atoms with Crippen LogP contribution < -0.4 is 0 Å². The molecule has 0 spiro atoms. The molecule has 0 aliphatic heterocycles. The van der Waals surface area contributed by atoms with Gasteiger partial charge in [0.15, 0.2) is 0 Å². The molecular formula is C21H32O3Si. The largest absolute Gasteiger partial charge is 0.519 e. The van der Waals surface area contributed by atoms with Gasteiger partial charge in [-0.15, -0.1) is 0 Å². The number of hydrogen-bond donors (Lipinski definition) is 0. The van der Waals surface area contributed by atoms with Crippen molar-refractivity contribution in [1.29, 1.82) is 0 Å². The van der Waals surface area contributed by atoms with Crippen molar-refractivity contribution in [3.63, 3.8) is 0 Å². The predicted octanol–water partition coefficient (Wildman–Crippen LogP) is 5.66. The van der Waals surface area contributed by atoms with E-state index >= 15 is 0 Å². The summed E-state index contributed by atoms with van der Waals surface area (Å²) in [6.07, 6.45) is 5.21. The standard InChI is InChI=1S/C21H32O3Si/c1-17(24-25(5,6)21(2,3)4)23-20-13-12-19(14-20)16-22-15-18-10-8-7-9-11-18/h7-13,19-20H,1,14-16H2,2-6H3/t19-,20?/m1/s1. The van der Waals surface area contributed by atoms with E-state index in [1.807, 2.05) is 18.2 Å². The van der Waals surface area contributed by atoms with Gasteiger partial charge in [-0.2, -0.15) is 0 Å². The third-order valence-electron chi connectivity index (χ3n) is 5.03. The lowest BCUT2D eigenvalue weighted by Crippen LogP contribution is -2.40. The van der Waals surface area contributed by atoms with Gasteiger partial charge in [-0.05, 0) is 42.8 Å². The molecule has 3 nitrogen and oxygen atoms in total. The average molecular weight is 361 g/mol. The summed E-state index contributed by atoms with van der Waals surface area (Å²) in [4.78, 5) is 0. The molecule has 138 valence electrons. The molecule has 0 saturated heterocycles. The molecule has 25 heavy (non-hydrogen) atoms. The Morgan fingerprint density at radius 1 is 1.16 bits per heavy atom. The maximum Gasteiger partial charge on any atom is 0.258 e. The second-order valence-corrected chi connectivity index (χ2v) is 13.0. The fraction of sp³-hybridized carbons (Fsp3) is 0.524. The van der Waals surface area contributed by atoms with E-state index in [1.54, 1.807) is 0 Å². The maximum absolute atomic E-state index is 6.10. The highest BCUT2D eigenvalue weighted by atomic mass is 28.4. The Hall–Kier alpha value is -1.52. The van der Waals surface area contributed by atoms with Gasteiger partial charge >= 0.3 is 0 Å². The Morgan fingerprint density at radius 3 is 2.48 bits per heavy atom. The second-order valence-electron chi connectivity index (χ2n) is 8.27. The molecule has 0 amide bonds. The summed E-state index contributed by atoms with van der Waals surface area (Å²) < 4.78 is 17.8. The third-order valence-corrected chi connectivity index (χ3v) is 9.38. The molecule has 2 rings (SSSR count). The van der Waals surface area contributed by atoms with E-state index in [2.05, 4.69) is 64.7 Å². The Balaban J connectivity index is 1.70. The van der Waals surface area contributed by atoms with Crippen molar-refractivity contribution < 1.29 is 13.9 Å². The lowest BCUT2D eigenvalue weighted by molar-refractivity contribution is 0.0459. The van der Waals surface area contributed by atoms with Gasteiger partial charge in [0, 0.05) is 5.92 Å². The molecule has 1 unspecified atom stereocenters. The zero-order chi connectivity index (χ0) is 18.5. The molecule has 1 aromatic rings. The topological polar surface area (TPSA) is 27.7 Å². The SMILES string of the molecule is C=C(OC1C=C[C@@H](COCc2ccccc2)C1)O[Si](C)(C)C(C)(C)C. The van der Waals surface area contributed by atoms with Gasteiger partial charge < -0.3 is 13.9 Å². The van der Waals surface area contributed by atoms with Gasteiger partial charge in [-0.1, -0.05) is 57.2 Å². The molecule has 0 N–H and O–H groups in total. The van der Waals surface area contributed by atoms with E-state index in [0.29, 0.717) is 25.1 Å². The lowest BCUT2D eigenvalue weighted by Gasteiger charge is -2.36. The van der Waals surface area contributed by atoms with Crippen molar-refractivity contribution in [2.45, 2.75) is 58.0 Å². The van der Waals surface area contributed by atoms with Crippen molar-refractivity contribution in [3.05, 3.63) is 60.6 Å². The monoisotopic (exact) mass is 360 g/mol. The summed E-state index contributed by atoms with van der Waals surface area (Å²) in [5.74, 6) is 0.835. The molecule has 2 atom stereocenters. The summed E-state index contributed by atoms with van der Waals surface area (Å²) >= 11 is 0. The predicted molar refractivity (Wildman–Crippen MR) is 106 cm³/mol. The maximum atomic E-state index is 6.10. The smallest absolute Gasteiger partial charge is 0.258 e. The third kappa shape index (κ3) is 6.05. The first-order chi connectivity index (χ1) is 11.7. The van der Waals surface area contributed by atoms with Gasteiger partial charge in [0.2, 0.25) is 0 Å². The minimum Gasteiger partial charge on any atom is -0.519 e. The second kappa shape index (κ2) is 8.24. The van der Waals surface area contributed by atoms with Crippen LogP contribution in [0.3, 0.4) is 0 Å². The van der Waals surface area contributed by atoms with Crippen LogP contribution >= 0.6 is 0 Å². The van der Waals surface area contributed by atoms with E-state index in [4.69, 9.17) is 13.9 Å². The minimum atomic E-state index is -1.89. The zero-order valence-electron chi connectivity index (χ0n) is 16.2. The van der Waals surface area contributed by atoms with Crippen LogP contribution in [-0.4, -0.2) is 21.0 Å². The Morgan fingerprint density at radius 2 is 1.84 bits per heavy atom. The van der Waals surface area contributed by atoms with Crippen LogP contribution in [0.1, 0.15) is 32.8 Å². The molecule has 0 heterocycles. The first-order valence-corrected chi connectivity index (χ1v) is 11.9. The van der Waals surface area contributed by atoms with E-state index in [9.17, 15) is 0 Å². The highest BCUT2D eigenvalue weighted by Crippen LogP contribution is 2.38. The molecule has 1 aromatic carbocycles. The van der Waals surface area contributed by atoms with Crippen molar-refractivity contribution in [2.75, 3.05) is 6.61 Å². The lowest BCUT2D eigenvalue weighted by atomic mass is 10.1. The highest BCUT2D eigenvalue weighted by Gasteiger charge is 2.40. The van der Waals surface area contributed by atoms with Crippen molar-refractivity contribution in [2.24, 2.45) is 5.92 Å². The van der Waals surface area contributed by atoms with Crippen LogP contribution in [0.25, 0.3) is 0 Å². The Labute approximate surface area is 153 Å². The van der Waals surface area contributed by atoms with Gasteiger partial charge in [0.25, 0.3) is 14.3 Å². The highest BCUT2D eigenvalue weighted by molar-refractivity contribution is 6.74. The molecule has 0 aromatic heterocycles. The quantitative estimate of drug-likeness (QED) is 0.340. The summed E-state index contributed by atoms with van der Waals surface area (Å²) in [6, 6.07) is 10.2. The van der Waals surface area contributed by atoms with Gasteiger partial charge in [-0.3, -0.25) is 0 Å². The molecule has 0 fully saturated rings. The van der Waals surface area contributed by atoms with Crippen molar-refractivity contribution in [1.82, 2.24) is 0 Å². The first kappa shape index (κ1) is 19.8. The molecular weight excluding hydrogens is 328 g/mol. The summed E-state index contributed by atoms with van der Waals surface area (Å²) in [5.41, 5.74) is 1.20. The van der Waals surface area contributed by atoms with Crippen LogP contribution in [0.4, 0.5) is 0 Å². The number of benzene rings is 1. The molecule has 0 saturated carbocycles. The van der Waals surface area contributed by atoms with E-state index in [1.165, 1.54) is 5.56 Å². The van der Waals surface area contributed by atoms with Gasteiger partial charge in [0.1, 0.15) is 6.10 Å². The normalized spacial score (nSPS) is 20.5. The average Bonchev–Trinajstić information content (AvgIpc) is 2.94. The minimum absolute atomic E-state index is 0.0302. The van der Waals surface area contributed by atoms with Gasteiger partial charge in [-0.25, -0.2) is 0 Å². The number of hydrogen-bond acceptors (Lipinski definition) is 3. The van der Waals surface area contributed by atoms with E-state index in [-0.39, 0.29) is 11.1 Å². The van der Waals surface area contributed by atoms with Crippen LogP contribution in [0, 0.1) is 5.92 Å². The molecule has 0 radical (unpaired) electrons. The summed E-state index contributed by atoms with van der Waals surface area (Å²) in [6.45, 7) is 16.4. The first-order valence-electron chi connectivity index (χ1n) is 9.02. The van der Waals surface area contributed by atoms with Gasteiger partial charge in [0.05, 0.1) is 13.2 Å². The Kier molecular flexibility index (Phi) is 6.52. The summed E-state index contributed by atoms with van der Waals surface area (Å²) in [7, 11) is -1.89. The Bertz CT molecular complexity index is 587. The molecule has 0 bridgehead atoms. The van der Waals surface area contributed by atoms with Crippen LogP contribution in [0.2, 0.25) is 18.1 Å². The van der Waals surface area contributed by atoms with E-state index in [0.717, 1.165) is 6.42 Å². The van der Waals surface area contributed by atoms with Crippen molar-refractivity contribution in [3.8, 4) is 0 Å². The fourth-order valence-electron chi connectivity index (χ4n) is 2.48. The number of ether oxygens (including phenoxy) is 2. The van der Waals surface area contributed by atoms with Crippen LogP contribution in [-0.2, 0) is 20.5 Å². The fourth-order valence-corrected chi connectivity index (χ4v) is 3.40. The molecule has 4 heteroatoms. The molecule has 1 aliphatic carbocycles.